The van der Waals surface area contributed by atoms with Crippen LogP contribution in [-0.2, 0) is 4.79 Å². The molecular formula is C14H17ClN2O3. The third-order valence-electron chi connectivity index (χ3n) is 3.42. The molecule has 0 aliphatic rings. The van der Waals surface area contributed by atoms with Crippen LogP contribution in [0.1, 0.15) is 45.1 Å². The van der Waals surface area contributed by atoms with Crippen LogP contribution in [-0.4, -0.2) is 15.7 Å². The summed E-state index contributed by atoms with van der Waals surface area (Å²) in [6, 6.07) is 3.64. The lowest BCUT2D eigenvalue weighted by molar-refractivity contribution is -0.141. The summed E-state index contributed by atoms with van der Waals surface area (Å²) in [5.41, 5.74) is 1.50. The molecule has 0 aliphatic carbocycles. The molecule has 1 N–H and O–H groups in total. The minimum absolute atomic E-state index is 0.270. The Hall–Kier alpha value is -1.75. The van der Waals surface area contributed by atoms with Gasteiger partial charge in [-0.3, -0.25) is 0 Å². The van der Waals surface area contributed by atoms with Crippen LogP contribution in [0.3, 0.4) is 0 Å². The van der Waals surface area contributed by atoms with Gasteiger partial charge in [-0.15, -0.1) is 4.73 Å². The van der Waals surface area contributed by atoms with Crippen molar-refractivity contribution in [3.63, 3.8) is 0 Å². The molecular weight excluding hydrogens is 280 g/mol. The zero-order valence-corrected chi connectivity index (χ0v) is 12.5. The van der Waals surface area contributed by atoms with Crippen molar-refractivity contribution >= 4 is 28.6 Å². The summed E-state index contributed by atoms with van der Waals surface area (Å²) < 4.78 is 0.997. The number of hydrogen-bond donors (Lipinski definition) is 1. The summed E-state index contributed by atoms with van der Waals surface area (Å²) in [5, 5.41) is 0.428. The zero-order chi connectivity index (χ0) is 14.9. The lowest BCUT2D eigenvalue weighted by Gasteiger charge is -2.15. The normalized spacial score (nSPS) is 11.2. The molecule has 0 saturated heterocycles. The number of halogens is 1. The number of hydrogen-bond acceptors (Lipinski definition) is 3. The fraction of sp³-hybridized carbons (Fsp3) is 0.429. The first-order chi connectivity index (χ1) is 9.49. The minimum atomic E-state index is -0.552. The molecule has 6 heteroatoms. The summed E-state index contributed by atoms with van der Waals surface area (Å²) in [5.74, 6) is -0.282. The number of carbonyl (C=O) groups excluding carboxylic acids is 1. The van der Waals surface area contributed by atoms with Crippen molar-refractivity contribution in [3.8, 4) is 0 Å². The van der Waals surface area contributed by atoms with Crippen LogP contribution in [0.2, 0.25) is 5.02 Å². The average molecular weight is 297 g/mol. The molecule has 5 nitrogen and oxygen atoms in total. The lowest BCUT2D eigenvalue weighted by atomic mass is 9.93. The molecule has 1 heterocycles. The molecule has 0 saturated carbocycles. The minimum Gasteiger partial charge on any atom is -0.332 e. The largest absolute Gasteiger partial charge is 0.360 e. The maximum absolute atomic E-state index is 11.9. The molecule has 0 amide bonds. The van der Waals surface area contributed by atoms with Crippen molar-refractivity contribution in [1.29, 1.82) is 0 Å². The van der Waals surface area contributed by atoms with Crippen molar-refractivity contribution in [2.75, 3.05) is 0 Å². The van der Waals surface area contributed by atoms with Gasteiger partial charge in [-0.1, -0.05) is 31.5 Å². The molecule has 0 radical (unpaired) electrons. The van der Waals surface area contributed by atoms with Crippen molar-refractivity contribution < 1.29 is 9.63 Å². The molecule has 20 heavy (non-hydrogen) atoms. The summed E-state index contributed by atoms with van der Waals surface area (Å²) >= 11 is 6.12. The van der Waals surface area contributed by atoms with E-state index in [9.17, 15) is 9.59 Å². The first-order valence-corrected chi connectivity index (χ1v) is 6.99. The molecule has 0 fully saturated rings. The molecule has 2 aromatic rings. The number of H-pyrrole nitrogens is 1. The van der Waals surface area contributed by atoms with Gasteiger partial charge in [-0.05, 0) is 30.4 Å². The molecule has 0 spiro atoms. The van der Waals surface area contributed by atoms with E-state index < -0.39 is 11.7 Å². The maximum atomic E-state index is 11.9. The van der Waals surface area contributed by atoms with Crippen molar-refractivity contribution in [2.45, 2.75) is 39.5 Å². The van der Waals surface area contributed by atoms with E-state index in [1.165, 1.54) is 6.92 Å². The molecule has 2 rings (SSSR count). The Morgan fingerprint density at radius 1 is 1.40 bits per heavy atom. The number of nitrogens with zero attached hydrogens (tertiary/aromatic N) is 1. The quantitative estimate of drug-likeness (QED) is 0.943. The standard InChI is InChI=1S/C14H17ClN2O3/c1-4-9(5-2)10-6-7-11(15)12-13(10)17(14(19)16-12)20-8(3)18/h6-7,9H,4-5H2,1-3H3,(H,16,19). The van der Waals surface area contributed by atoms with E-state index in [1.54, 1.807) is 6.07 Å². The van der Waals surface area contributed by atoms with Gasteiger partial charge in [-0.2, -0.15) is 0 Å². The van der Waals surface area contributed by atoms with Gasteiger partial charge in [0.05, 0.1) is 10.5 Å². The van der Waals surface area contributed by atoms with Gasteiger partial charge in [0.15, 0.2) is 0 Å². The number of nitrogens with one attached hydrogen (secondary N) is 1. The maximum Gasteiger partial charge on any atom is 0.360 e. The van der Waals surface area contributed by atoms with Crippen LogP contribution in [0.15, 0.2) is 16.9 Å². The Balaban J connectivity index is 2.79. The molecule has 108 valence electrons. The first-order valence-electron chi connectivity index (χ1n) is 6.61. The third-order valence-corrected chi connectivity index (χ3v) is 3.74. The van der Waals surface area contributed by atoms with Gasteiger partial charge in [-0.25, -0.2) is 9.59 Å². The van der Waals surface area contributed by atoms with Gasteiger partial charge in [0, 0.05) is 6.92 Å². The van der Waals surface area contributed by atoms with E-state index in [0.717, 1.165) is 23.1 Å². The topological polar surface area (TPSA) is 64.1 Å². The number of benzene rings is 1. The van der Waals surface area contributed by atoms with Crippen LogP contribution in [0.5, 0.6) is 0 Å². The zero-order valence-electron chi connectivity index (χ0n) is 11.7. The van der Waals surface area contributed by atoms with E-state index in [2.05, 4.69) is 18.8 Å². The number of imidazole rings is 1. The Kier molecular flexibility index (Phi) is 4.18. The molecule has 1 aromatic carbocycles. The second-order valence-electron chi connectivity index (χ2n) is 4.68. The van der Waals surface area contributed by atoms with Crippen LogP contribution < -0.4 is 10.5 Å². The molecule has 0 aliphatic heterocycles. The number of fused-ring (bicyclic) bond motifs is 1. The highest BCUT2D eigenvalue weighted by atomic mass is 35.5. The van der Waals surface area contributed by atoms with E-state index in [-0.39, 0.29) is 5.92 Å². The Morgan fingerprint density at radius 3 is 2.60 bits per heavy atom. The highest BCUT2D eigenvalue weighted by molar-refractivity contribution is 6.35. The number of carbonyl (C=O) groups is 1. The Bertz CT molecular complexity index is 698. The lowest BCUT2D eigenvalue weighted by Crippen LogP contribution is -2.27. The van der Waals surface area contributed by atoms with Crippen LogP contribution >= 0.6 is 11.6 Å². The van der Waals surface area contributed by atoms with Crippen molar-refractivity contribution in [3.05, 3.63) is 33.2 Å². The fourth-order valence-corrected chi connectivity index (χ4v) is 2.65. The van der Waals surface area contributed by atoms with E-state index in [4.69, 9.17) is 16.4 Å². The second kappa shape index (κ2) is 5.71. The van der Waals surface area contributed by atoms with Crippen molar-refractivity contribution in [1.82, 2.24) is 9.71 Å². The predicted octanol–water partition coefficient (Wildman–Crippen LogP) is 2.86. The van der Waals surface area contributed by atoms with Crippen LogP contribution in [0.4, 0.5) is 0 Å². The van der Waals surface area contributed by atoms with E-state index in [0.29, 0.717) is 16.1 Å². The molecule has 0 unspecified atom stereocenters. The first kappa shape index (κ1) is 14.7. The monoisotopic (exact) mass is 296 g/mol. The summed E-state index contributed by atoms with van der Waals surface area (Å²) in [4.78, 5) is 30.8. The van der Waals surface area contributed by atoms with Crippen molar-refractivity contribution in [2.24, 2.45) is 0 Å². The predicted molar refractivity (Wildman–Crippen MR) is 78.2 cm³/mol. The Labute approximate surface area is 121 Å². The number of aromatic nitrogens is 2. The molecule has 0 bridgehead atoms. The SMILES string of the molecule is CCC(CC)c1ccc(Cl)c2[nH]c(=O)n(OC(C)=O)c12. The smallest absolute Gasteiger partial charge is 0.332 e. The van der Waals surface area contributed by atoms with Gasteiger partial charge < -0.3 is 9.82 Å². The summed E-state index contributed by atoms with van der Waals surface area (Å²) in [6.45, 7) is 5.41. The summed E-state index contributed by atoms with van der Waals surface area (Å²) in [7, 11) is 0. The van der Waals surface area contributed by atoms with Gasteiger partial charge in [0.1, 0.15) is 5.52 Å². The van der Waals surface area contributed by atoms with Crippen LogP contribution in [0, 0.1) is 0 Å². The van der Waals surface area contributed by atoms with Gasteiger partial charge in [0.2, 0.25) is 0 Å². The Morgan fingerprint density at radius 2 is 2.05 bits per heavy atom. The van der Waals surface area contributed by atoms with Crippen LogP contribution in [0.25, 0.3) is 11.0 Å². The molecule has 0 atom stereocenters. The van der Waals surface area contributed by atoms with E-state index >= 15 is 0 Å². The second-order valence-corrected chi connectivity index (χ2v) is 5.09. The number of aromatic amines is 1. The van der Waals surface area contributed by atoms with E-state index in [1.807, 2.05) is 6.07 Å². The highest BCUT2D eigenvalue weighted by Crippen LogP contribution is 2.32. The summed E-state index contributed by atoms with van der Waals surface area (Å²) in [6.07, 6.45) is 1.85. The van der Waals surface area contributed by atoms with Gasteiger partial charge >= 0.3 is 11.7 Å². The fourth-order valence-electron chi connectivity index (χ4n) is 2.45. The highest BCUT2D eigenvalue weighted by Gasteiger charge is 2.20. The van der Waals surface area contributed by atoms with Gasteiger partial charge in [0.25, 0.3) is 0 Å². The average Bonchev–Trinajstić information content (AvgIpc) is 2.71. The third kappa shape index (κ3) is 2.45. The number of rotatable bonds is 4. The molecule has 1 aromatic heterocycles.